The van der Waals surface area contributed by atoms with Crippen LogP contribution in [0.3, 0.4) is 0 Å². The predicted molar refractivity (Wildman–Crippen MR) is 85.5 cm³/mol. The van der Waals surface area contributed by atoms with Crippen LogP contribution in [-0.4, -0.2) is 33.6 Å². The first-order chi connectivity index (χ1) is 10.3. The number of carbonyl (C=O) groups is 2. The third kappa shape index (κ3) is 3.20. The van der Waals surface area contributed by atoms with E-state index in [1.165, 1.54) is 4.68 Å². The van der Waals surface area contributed by atoms with E-state index in [2.05, 4.69) is 20.7 Å². The number of nitrogens with zero attached hydrogens (tertiary/aromatic N) is 3. The number of hydrogen-bond donors (Lipinski definition) is 3. The van der Waals surface area contributed by atoms with Gasteiger partial charge in [0, 0.05) is 7.05 Å². The number of primary amides is 1. The number of aryl methyl sites for hydroxylation is 1. The molecule has 0 fully saturated rings. The van der Waals surface area contributed by atoms with Crippen LogP contribution in [-0.2, 0) is 11.3 Å². The molecule has 0 bridgehead atoms. The number of nitrogens with two attached hydrogens (primary N) is 1. The van der Waals surface area contributed by atoms with Crippen LogP contribution < -0.4 is 16.4 Å². The lowest BCUT2D eigenvalue weighted by atomic mass is 10.4. The average Bonchev–Trinajstić information content (AvgIpc) is 2.96. The minimum atomic E-state index is -0.706. The van der Waals surface area contributed by atoms with Gasteiger partial charge >= 0.3 is 0 Å². The molecule has 0 spiro atoms. The first kappa shape index (κ1) is 16.2. The molecule has 0 saturated heterocycles. The summed E-state index contributed by atoms with van der Waals surface area (Å²) in [7, 11) is 1.66. The second kappa shape index (κ2) is 6.32. The second-order valence-corrected chi connectivity index (χ2v) is 5.88. The van der Waals surface area contributed by atoms with Gasteiger partial charge in [0.2, 0.25) is 5.91 Å². The highest BCUT2D eigenvalue weighted by atomic mass is 35.5. The molecule has 0 aliphatic rings. The van der Waals surface area contributed by atoms with Crippen molar-refractivity contribution in [2.75, 3.05) is 17.7 Å². The van der Waals surface area contributed by atoms with Gasteiger partial charge in [0.15, 0.2) is 10.8 Å². The summed E-state index contributed by atoms with van der Waals surface area (Å²) >= 11 is 7.17. The predicted octanol–water partition coefficient (Wildman–Crippen LogP) is 1.39. The molecule has 0 aliphatic heterocycles. The van der Waals surface area contributed by atoms with E-state index in [1.807, 2.05) is 0 Å². The Hall–Kier alpha value is -2.13. The van der Waals surface area contributed by atoms with Gasteiger partial charge in [0.25, 0.3) is 5.91 Å². The standard InChI is InChI=1S/C12H15ClN6O2S/c1-5-8(13)6(2)19(18-5)4-7(20)16-11-9(10(14)21)17-12(15-3)22-11/h4H2,1-3H3,(H2,14,21)(H,15,17)(H,16,20). The zero-order valence-corrected chi connectivity index (χ0v) is 13.8. The number of halogens is 1. The number of hydrogen-bond acceptors (Lipinski definition) is 6. The zero-order chi connectivity index (χ0) is 16.4. The summed E-state index contributed by atoms with van der Waals surface area (Å²) in [5.74, 6) is -1.06. The van der Waals surface area contributed by atoms with Crippen LogP contribution in [0.2, 0.25) is 5.02 Å². The van der Waals surface area contributed by atoms with Crippen LogP contribution in [0.1, 0.15) is 21.9 Å². The Morgan fingerprint density at radius 3 is 2.59 bits per heavy atom. The Morgan fingerprint density at radius 2 is 2.09 bits per heavy atom. The van der Waals surface area contributed by atoms with E-state index in [9.17, 15) is 9.59 Å². The maximum atomic E-state index is 12.1. The van der Waals surface area contributed by atoms with Crippen molar-refractivity contribution in [1.29, 1.82) is 0 Å². The fourth-order valence-electron chi connectivity index (χ4n) is 1.81. The van der Waals surface area contributed by atoms with Gasteiger partial charge in [0.05, 0.1) is 16.4 Å². The third-order valence-electron chi connectivity index (χ3n) is 2.91. The lowest BCUT2D eigenvalue weighted by Gasteiger charge is -2.05. The van der Waals surface area contributed by atoms with Crippen LogP contribution in [0.4, 0.5) is 10.1 Å². The van der Waals surface area contributed by atoms with Crippen LogP contribution in [0.15, 0.2) is 0 Å². The van der Waals surface area contributed by atoms with E-state index in [0.29, 0.717) is 26.5 Å². The fraction of sp³-hybridized carbons (Fsp3) is 0.333. The molecule has 0 unspecified atom stereocenters. The highest BCUT2D eigenvalue weighted by Crippen LogP contribution is 2.28. The Balaban J connectivity index is 2.17. The topological polar surface area (TPSA) is 115 Å². The molecule has 2 aromatic heterocycles. The summed E-state index contributed by atoms with van der Waals surface area (Å²) in [5, 5.41) is 10.9. The first-order valence-electron chi connectivity index (χ1n) is 6.31. The molecule has 0 saturated carbocycles. The fourth-order valence-corrected chi connectivity index (χ4v) is 2.79. The zero-order valence-electron chi connectivity index (χ0n) is 12.2. The highest BCUT2D eigenvalue weighted by Gasteiger charge is 2.19. The van der Waals surface area contributed by atoms with Gasteiger partial charge in [0.1, 0.15) is 11.5 Å². The summed E-state index contributed by atoms with van der Waals surface area (Å²) in [6.45, 7) is 3.51. The van der Waals surface area contributed by atoms with Gasteiger partial charge in [-0.3, -0.25) is 14.3 Å². The number of rotatable bonds is 5. The van der Waals surface area contributed by atoms with Crippen LogP contribution in [0.25, 0.3) is 0 Å². The van der Waals surface area contributed by atoms with Gasteiger partial charge < -0.3 is 16.4 Å². The Morgan fingerprint density at radius 1 is 1.41 bits per heavy atom. The van der Waals surface area contributed by atoms with Crippen LogP contribution >= 0.6 is 22.9 Å². The summed E-state index contributed by atoms with van der Waals surface area (Å²) in [4.78, 5) is 27.5. The van der Waals surface area contributed by atoms with Crippen molar-refractivity contribution in [1.82, 2.24) is 14.8 Å². The minimum Gasteiger partial charge on any atom is -0.365 e. The molecule has 2 rings (SSSR count). The van der Waals surface area contributed by atoms with Crippen LogP contribution in [0.5, 0.6) is 0 Å². The van der Waals surface area contributed by atoms with Gasteiger partial charge in [-0.15, -0.1) is 0 Å². The minimum absolute atomic E-state index is 0.0223. The maximum Gasteiger partial charge on any atom is 0.270 e. The molecule has 2 heterocycles. The van der Waals surface area contributed by atoms with Crippen molar-refractivity contribution in [3.8, 4) is 0 Å². The van der Waals surface area contributed by atoms with Crippen molar-refractivity contribution in [2.24, 2.45) is 5.73 Å². The summed E-state index contributed by atoms with van der Waals surface area (Å²) < 4.78 is 1.50. The van der Waals surface area contributed by atoms with Crippen molar-refractivity contribution < 1.29 is 9.59 Å². The molecule has 8 nitrogen and oxygen atoms in total. The number of amides is 2. The quantitative estimate of drug-likeness (QED) is 0.759. The number of anilines is 2. The number of thiazole rings is 1. The Kier molecular flexibility index (Phi) is 4.67. The lowest BCUT2D eigenvalue weighted by molar-refractivity contribution is -0.116. The maximum absolute atomic E-state index is 12.1. The summed E-state index contributed by atoms with van der Waals surface area (Å²) in [5.41, 5.74) is 6.62. The number of nitrogens with one attached hydrogen (secondary N) is 2. The monoisotopic (exact) mass is 342 g/mol. The summed E-state index contributed by atoms with van der Waals surface area (Å²) in [6, 6.07) is 0. The molecule has 0 aliphatic carbocycles. The second-order valence-electron chi connectivity index (χ2n) is 4.50. The Labute approximate surface area is 135 Å². The molecule has 2 aromatic rings. The number of aromatic nitrogens is 3. The molecular weight excluding hydrogens is 328 g/mol. The SMILES string of the molecule is CNc1nc(C(N)=O)c(NC(=O)Cn2nc(C)c(Cl)c2C)s1. The molecule has 0 atom stereocenters. The third-order valence-corrected chi connectivity index (χ3v) is 4.45. The van der Waals surface area contributed by atoms with Crippen LogP contribution in [0, 0.1) is 13.8 Å². The van der Waals surface area contributed by atoms with E-state index in [0.717, 1.165) is 11.3 Å². The molecule has 2 amide bonds. The van der Waals surface area contributed by atoms with Gasteiger partial charge in [-0.25, -0.2) is 4.98 Å². The Bertz CT molecular complexity index is 738. The normalized spacial score (nSPS) is 10.5. The molecule has 4 N–H and O–H groups in total. The van der Waals surface area contributed by atoms with Crippen molar-refractivity contribution in [2.45, 2.75) is 20.4 Å². The lowest BCUT2D eigenvalue weighted by Crippen LogP contribution is -2.22. The molecule has 0 aromatic carbocycles. The van der Waals surface area contributed by atoms with Gasteiger partial charge in [-0.2, -0.15) is 5.10 Å². The highest BCUT2D eigenvalue weighted by molar-refractivity contribution is 7.20. The van der Waals surface area contributed by atoms with E-state index in [4.69, 9.17) is 17.3 Å². The average molecular weight is 343 g/mol. The molecule has 10 heteroatoms. The van der Waals surface area contributed by atoms with Gasteiger partial charge in [-0.1, -0.05) is 22.9 Å². The van der Waals surface area contributed by atoms with Crippen molar-refractivity contribution in [3.05, 3.63) is 22.1 Å². The summed E-state index contributed by atoms with van der Waals surface area (Å²) in [6.07, 6.45) is 0. The van der Waals surface area contributed by atoms with Crippen molar-refractivity contribution >= 4 is 44.9 Å². The van der Waals surface area contributed by atoms with Crippen molar-refractivity contribution in [3.63, 3.8) is 0 Å². The van der Waals surface area contributed by atoms with E-state index < -0.39 is 5.91 Å². The molecule has 118 valence electrons. The largest absolute Gasteiger partial charge is 0.365 e. The van der Waals surface area contributed by atoms with E-state index in [1.54, 1.807) is 20.9 Å². The van der Waals surface area contributed by atoms with E-state index in [-0.39, 0.29) is 18.1 Å². The first-order valence-corrected chi connectivity index (χ1v) is 7.50. The smallest absolute Gasteiger partial charge is 0.270 e. The molecule has 22 heavy (non-hydrogen) atoms. The number of carbonyl (C=O) groups excluding carboxylic acids is 2. The van der Waals surface area contributed by atoms with Gasteiger partial charge in [-0.05, 0) is 13.8 Å². The molecular formula is C12H15ClN6O2S. The van der Waals surface area contributed by atoms with E-state index >= 15 is 0 Å². The molecule has 0 radical (unpaired) electrons.